The van der Waals surface area contributed by atoms with Crippen molar-refractivity contribution in [3.8, 4) is 5.75 Å². The summed E-state index contributed by atoms with van der Waals surface area (Å²) in [5.74, 6) is -2.13. The quantitative estimate of drug-likeness (QED) is 0.460. The molecule has 41 heavy (non-hydrogen) atoms. The Labute approximate surface area is 230 Å². The van der Waals surface area contributed by atoms with Gasteiger partial charge in [-0.1, -0.05) is 11.2 Å². The highest BCUT2D eigenvalue weighted by molar-refractivity contribution is 6.02. The molecule has 4 heterocycles. The number of carbonyl (C=O) groups is 3. The van der Waals surface area contributed by atoms with Crippen molar-refractivity contribution in [1.82, 2.24) is 15.3 Å². The number of amides is 2. The largest absolute Gasteiger partial charge is 0.490 e. The van der Waals surface area contributed by atoms with Crippen LogP contribution < -0.4 is 15.4 Å². The van der Waals surface area contributed by atoms with Crippen LogP contribution in [0.5, 0.6) is 5.75 Å². The van der Waals surface area contributed by atoms with Crippen molar-refractivity contribution in [1.29, 1.82) is 0 Å². The van der Waals surface area contributed by atoms with Crippen molar-refractivity contribution in [2.75, 3.05) is 31.7 Å². The summed E-state index contributed by atoms with van der Waals surface area (Å²) in [5, 5.41) is 9.57. The molecule has 218 valence electrons. The third-order valence-corrected chi connectivity index (χ3v) is 6.23. The number of nitrogens with zero attached hydrogens (tertiary/aromatic N) is 3. The molecular weight excluding hydrogens is 555 g/mol. The van der Waals surface area contributed by atoms with Crippen LogP contribution in [0.15, 0.2) is 29.4 Å². The highest BCUT2D eigenvalue weighted by Gasteiger charge is 2.42. The Balaban J connectivity index is 1.13. The predicted molar refractivity (Wildman–Crippen MR) is 131 cm³/mol. The Bertz CT molecular complexity index is 1380. The van der Waals surface area contributed by atoms with Crippen molar-refractivity contribution >= 4 is 29.2 Å². The van der Waals surface area contributed by atoms with Gasteiger partial charge in [-0.3, -0.25) is 9.59 Å². The first kappa shape index (κ1) is 28.2. The molecule has 16 heteroatoms. The van der Waals surface area contributed by atoms with E-state index in [1.54, 1.807) is 25.1 Å². The Hall–Kier alpha value is -4.31. The Kier molecular flexibility index (Phi) is 8.03. The summed E-state index contributed by atoms with van der Waals surface area (Å²) >= 11 is 0. The third-order valence-electron chi connectivity index (χ3n) is 6.23. The molecule has 3 atom stereocenters. The second-order valence-corrected chi connectivity index (χ2v) is 9.34. The molecule has 5 rings (SSSR count). The normalized spacial score (nSPS) is 22.0. The molecule has 1 aromatic heterocycles. The van der Waals surface area contributed by atoms with Crippen LogP contribution in [0.25, 0.3) is 0 Å². The zero-order valence-electron chi connectivity index (χ0n) is 21.5. The summed E-state index contributed by atoms with van der Waals surface area (Å²) in [7, 11) is 0. The molecule has 0 aliphatic carbocycles. The topological polar surface area (TPSA) is 160 Å². The van der Waals surface area contributed by atoms with Crippen LogP contribution in [0.2, 0.25) is 0 Å². The molecule has 2 aromatic rings. The van der Waals surface area contributed by atoms with E-state index in [-0.39, 0.29) is 44.4 Å². The minimum absolute atomic E-state index is 0.0172. The first-order valence-corrected chi connectivity index (χ1v) is 12.4. The molecule has 3 aliphatic heterocycles. The van der Waals surface area contributed by atoms with Crippen molar-refractivity contribution < 1.29 is 51.3 Å². The SMILES string of the molecule is Cc1nc(C(=O)NCc2ccc3c(c2)NC(=O)CO3)cc(C2=NO[C@H]([C@H]3CO[C@H](COC(=O)C(F)(F)F)CO3)C2)n1. The van der Waals surface area contributed by atoms with Crippen LogP contribution in [0.4, 0.5) is 18.9 Å². The molecule has 1 saturated heterocycles. The average molecular weight is 579 g/mol. The van der Waals surface area contributed by atoms with Gasteiger partial charge in [0, 0.05) is 13.0 Å². The number of anilines is 1. The smallest absolute Gasteiger partial charge is 0.482 e. The van der Waals surface area contributed by atoms with Crippen LogP contribution in [-0.4, -0.2) is 84.4 Å². The molecule has 13 nitrogen and oxygen atoms in total. The van der Waals surface area contributed by atoms with Gasteiger partial charge in [-0.2, -0.15) is 13.2 Å². The standard InChI is InChI=1S/C25H24F3N5O8/c1-12-30-15(5-18(31-12)23(35)29-7-13-2-3-19-17(4-13)32-22(34)11-39-19)16-6-20(41-33-16)21-10-37-14(8-38-21)9-40-24(36)25(26,27)28/h2-5,14,20-21H,6-11H2,1H3,(H,29,35)(H,32,34)/t14-,20-,21+/m0/s1. The summed E-state index contributed by atoms with van der Waals surface area (Å²) in [4.78, 5) is 49.4. The molecule has 1 aromatic carbocycles. The minimum atomic E-state index is -5.08. The lowest BCUT2D eigenvalue weighted by Crippen LogP contribution is -2.44. The zero-order chi connectivity index (χ0) is 29.1. The molecule has 0 spiro atoms. The molecule has 0 radical (unpaired) electrons. The summed E-state index contributed by atoms with van der Waals surface area (Å²) in [5.41, 5.74) is 2.20. The Morgan fingerprint density at radius 2 is 1.98 bits per heavy atom. The monoisotopic (exact) mass is 579 g/mol. The molecule has 0 saturated carbocycles. The number of halogens is 3. The van der Waals surface area contributed by atoms with Gasteiger partial charge >= 0.3 is 12.1 Å². The van der Waals surface area contributed by atoms with E-state index in [9.17, 15) is 27.6 Å². The number of hydrogen-bond donors (Lipinski definition) is 2. The number of hydrogen-bond acceptors (Lipinski definition) is 11. The van der Waals surface area contributed by atoms with Crippen LogP contribution in [0.1, 0.15) is 34.0 Å². The number of rotatable bonds is 7. The first-order valence-electron chi connectivity index (χ1n) is 12.4. The van der Waals surface area contributed by atoms with Gasteiger partial charge in [-0.15, -0.1) is 0 Å². The number of aromatic nitrogens is 2. The van der Waals surface area contributed by atoms with E-state index in [1.165, 1.54) is 6.07 Å². The molecule has 1 fully saturated rings. The average Bonchev–Trinajstić information content (AvgIpc) is 3.44. The highest BCUT2D eigenvalue weighted by atomic mass is 19.4. The van der Waals surface area contributed by atoms with Crippen molar-refractivity contribution in [3.05, 3.63) is 47.0 Å². The molecule has 2 amide bonds. The zero-order valence-corrected chi connectivity index (χ0v) is 21.5. The van der Waals surface area contributed by atoms with E-state index in [1.807, 2.05) is 0 Å². The number of esters is 1. The number of carbonyl (C=O) groups excluding carboxylic acids is 3. The van der Waals surface area contributed by atoms with Gasteiger partial charge in [-0.05, 0) is 30.7 Å². The van der Waals surface area contributed by atoms with Crippen molar-refractivity contribution in [2.45, 2.75) is 44.4 Å². The van der Waals surface area contributed by atoms with Gasteiger partial charge in [0.05, 0.1) is 24.6 Å². The maximum atomic E-state index is 12.9. The number of aryl methyl sites for hydroxylation is 1. The fraction of sp³-hybridized carbons (Fsp3) is 0.440. The van der Waals surface area contributed by atoms with E-state index in [0.717, 1.165) is 5.56 Å². The Morgan fingerprint density at radius 3 is 2.73 bits per heavy atom. The van der Waals surface area contributed by atoms with E-state index < -0.39 is 43.0 Å². The second-order valence-electron chi connectivity index (χ2n) is 9.34. The van der Waals surface area contributed by atoms with Crippen LogP contribution >= 0.6 is 0 Å². The lowest BCUT2D eigenvalue weighted by molar-refractivity contribution is -0.212. The molecule has 2 N–H and O–H groups in total. The summed E-state index contributed by atoms with van der Waals surface area (Å²) < 4.78 is 57.5. The van der Waals surface area contributed by atoms with E-state index >= 15 is 0 Å². The van der Waals surface area contributed by atoms with Crippen molar-refractivity contribution in [3.63, 3.8) is 0 Å². The third kappa shape index (κ3) is 6.89. The first-order chi connectivity index (χ1) is 19.5. The fourth-order valence-corrected chi connectivity index (χ4v) is 4.21. The molecule has 0 bridgehead atoms. The summed E-state index contributed by atoms with van der Waals surface area (Å²) in [6, 6.07) is 6.67. The number of fused-ring (bicyclic) bond motifs is 1. The van der Waals surface area contributed by atoms with Gasteiger partial charge in [0.2, 0.25) is 0 Å². The van der Waals surface area contributed by atoms with E-state index in [4.69, 9.17) is 19.0 Å². The van der Waals surface area contributed by atoms with Gasteiger partial charge in [0.25, 0.3) is 11.8 Å². The maximum absolute atomic E-state index is 12.9. The lowest BCUT2D eigenvalue weighted by Gasteiger charge is -2.31. The highest BCUT2D eigenvalue weighted by Crippen LogP contribution is 2.28. The number of benzene rings is 1. The van der Waals surface area contributed by atoms with Crippen molar-refractivity contribution in [2.24, 2.45) is 5.16 Å². The van der Waals surface area contributed by atoms with Crippen LogP contribution in [-0.2, 0) is 35.2 Å². The molecule has 3 aliphatic rings. The fourth-order valence-electron chi connectivity index (χ4n) is 4.21. The van der Waals surface area contributed by atoms with Gasteiger partial charge in [0.15, 0.2) is 12.7 Å². The number of oxime groups is 1. The van der Waals surface area contributed by atoms with Gasteiger partial charge < -0.3 is 34.4 Å². The van der Waals surface area contributed by atoms with Gasteiger partial charge in [-0.25, -0.2) is 14.8 Å². The molecular formula is C25H24F3N5O8. The summed E-state index contributed by atoms with van der Waals surface area (Å²) in [6.07, 6.45) is -6.81. The molecule has 0 unspecified atom stereocenters. The predicted octanol–water partition coefficient (Wildman–Crippen LogP) is 1.43. The second kappa shape index (κ2) is 11.7. The van der Waals surface area contributed by atoms with Crippen LogP contribution in [0.3, 0.4) is 0 Å². The number of nitrogens with one attached hydrogen (secondary N) is 2. The number of alkyl halides is 3. The summed E-state index contributed by atoms with van der Waals surface area (Å²) in [6.45, 7) is 1.03. The Morgan fingerprint density at radius 1 is 1.15 bits per heavy atom. The van der Waals surface area contributed by atoms with E-state index in [2.05, 4.69) is 30.5 Å². The minimum Gasteiger partial charge on any atom is -0.482 e. The lowest BCUT2D eigenvalue weighted by atomic mass is 10.0. The maximum Gasteiger partial charge on any atom is 0.490 e. The van der Waals surface area contributed by atoms with E-state index in [0.29, 0.717) is 28.7 Å². The van der Waals surface area contributed by atoms with Crippen LogP contribution in [0, 0.1) is 6.92 Å². The number of ether oxygens (including phenoxy) is 4. The van der Waals surface area contributed by atoms with Gasteiger partial charge in [0.1, 0.15) is 41.8 Å².